The monoisotopic (exact) mass is 283 g/mol. The van der Waals surface area contributed by atoms with Crippen molar-refractivity contribution < 1.29 is 4.74 Å². The molecule has 21 heavy (non-hydrogen) atoms. The first-order valence-corrected chi connectivity index (χ1v) is 7.23. The van der Waals surface area contributed by atoms with E-state index >= 15 is 0 Å². The summed E-state index contributed by atoms with van der Waals surface area (Å²) >= 11 is 0. The van der Waals surface area contributed by atoms with Gasteiger partial charge in [-0.05, 0) is 37.1 Å². The highest BCUT2D eigenvalue weighted by Gasteiger charge is 2.15. The van der Waals surface area contributed by atoms with Gasteiger partial charge in [-0.25, -0.2) is 9.50 Å². The molecule has 0 aromatic carbocycles. The molecule has 3 aromatic heterocycles. The Balaban J connectivity index is 1.66. The minimum Gasteiger partial charge on any atom is -0.381 e. The Kier molecular flexibility index (Phi) is 3.08. The number of rotatable bonds is 3. The van der Waals surface area contributed by atoms with Gasteiger partial charge in [0.05, 0.1) is 11.9 Å². The maximum Gasteiger partial charge on any atom is 0.154 e. The average Bonchev–Trinajstić information content (AvgIpc) is 3.16. The summed E-state index contributed by atoms with van der Waals surface area (Å²) in [6.45, 7) is 1.64. The summed E-state index contributed by atoms with van der Waals surface area (Å²) in [5, 5.41) is 8.15. The average molecular weight is 283 g/mol. The van der Waals surface area contributed by atoms with E-state index < -0.39 is 0 Å². The minimum atomic E-state index is 0.432. The Morgan fingerprint density at radius 2 is 2.14 bits per heavy atom. The van der Waals surface area contributed by atoms with Crippen LogP contribution in [-0.2, 0) is 4.74 Å². The minimum absolute atomic E-state index is 0.432. The number of fused-ring (bicyclic) bond motifs is 1. The van der Waals surface area contributed by atoms with Crippen LogP contribution in [0.1, 0.15) is 12.8 Å². The number of aromatic nitrogens is 4. The molecule has 0 radical (unpaired) electrons. The van der Waals surface area contributed by atoms with Crippen molar-refractivity contribution in [1.29, 1.82) is 0 Å². The van der Waals surface area contributed by atoms with Crippen LogP contribution in [0, 0.1) is 0 Å². The molecule has 1 aliphatic heterocycles. The maximum absolute atomic E-state index is 5.38. The number of imidazole rings is 1. The molecule has 0 spiro atoms. The van der Waals surface area contributed by atoms with Crippen molar-refractivity contribution >= 4 is 11.5 Å². The van der Waals surface area contributed by atoms with E-state index in [2.05, 4.69) is 20.4 Å². The number of hydrogen-bond acceptors (Lipinski definition) is 4. The molecular weight excluding hydrogens is 266 g/mol. The molecule has 1 aliphatic rings. The van der Waals surface area contributed by atoms with Gasteiger partial charge in [-0.3, -0.25) is 0 Å². The second-order valence-corrected chi connectivity index (χ2v) is 5.25. The normalized spacial score (nSPS) is 16.4. The second-order valence-electron chi connectivity index (χ2n) is 5.25. The number of nitrogens with one attached hydrogen (secondary N) is 2. The van der Waals surface area contributed by atoms with E-state index in [9.17, 15) is 0 Å². The molecule has 4 rings (SSSR count). The Morgan fingerprint density at radius 3 is 2.95 bits per heavy atom. The van der Waals surface area contributed by atoms with Crippen LogP contribution >= 0.6 is 0 Å². The molecule has 3 aromatic rings. The number of hydrogen-bond donors (Lipinski definition) is 2. The molecule has 1 saturated heterocycles. The van der Waals surface area contributed by atoms with Gasteiger partial charge >= 0.3 is 0 Å². The van der Waals surface area contributed by atoms with Crippen LogP contribution < -0.4 is 5.32 Å². The summed E-state index contributed by atoms with van der Waals surface area (Å²) in [6, 6.07) is 8.39. The number of aromatic amines is 1. The molecule has 0 aliphatic carbocycles. The second kappa shape index (κ2) is 5.21. The maximum atomic E-state index is 5.38. The van der Waals surface area contributed by atoms with Gasteiger partial charge in [0.15, 0.2) is 5.65 Å². The quantitative estimate of drug-likeness (QED) is 0.774. The van der Waals surface area contributed by atoms with Crippen molar-refractivity contribution in [2.75, 3.05) is 18.5 Å². The van der Waals surface area contributed by atoms with E-state index in [1.807, 2.05) is 41.2 Å². The first-order chi connectivity index (χ1) is 10.4. The molecule has 1 fully saturated rings. The van der Waals surface area contributed by atoms with Gasteiger partial charge in [-0.1, -0.05) is 0 Å². The third-order valence-corrected chi connectivity index (χ3v) is 3.81. The summed E-state index contributed by atoms with van der Waals surface area (Å²) in [5.41, 5.74) is 2.82. The molecule has 6 heteroatoms. The fourth-order valence-corrected chi connectivity index (χ4v) is 2.67. The van der Waals surface area contributed by atoms with Crippen LogP contribution in [0.4, 0.5) is 5.82 Å². The van der Waals surface area contributed by atoms with E-state index in [4.69, 9.17) is 4.74 Å². The zero-order chi connectivity index (χ0) is 14.1. The Bertz CT molecular complexity index is 728. The Hall–Kier alpha value is -2.34. The highest BCUT2D eigenvalue weighted by Crippen LogP contribution is 2.20. The molecule has 0 unspecified atom stereocenters. The Labute approximate surface area is 122 Å². The van der Waals surface area contributed by atoms with E-state index in [0.29, 0.717) is 6.04 Å². The zero-order valence-corrected chi connectivity index (χ0v) is 11.6. The summed E-state index contributed by atoms with van der Waals surface area (Å²) in [7, 11) is 0. The lowest BCUT2D eigenvalue weighted by molar-refractivity contribution is 0.0903. The van der Waals surface area contributed by atoms with Gasteiger partial charge in [-0.2, -0.15) is 0 Å². The summed E-state index contributed by atoms with van der Waals surface area (Å²) in [5.74, 6) is 0.875. The van der Waals surface area contributed by atoms with Gasteiger partial charge in [0.2, 0.25) is 0 Å². The number of nitrogens with zero attached hydrogens (tertiary/aromatic N) is 3. The summed E-state index contributed by atoms with van der Waals surface area (Å²) in [6.07, 6.45) is 5.78. The number of anilines is 1. The number of ether oxygens (including phenoxy) is 1. The molecule has 0 saturated carbocycles. The van der Waals surface area contributed by atoms with Crippen LogP contribution in [-0.4, -0.2) is 38.8 Å². The summed E-state index contributed by atoms with van der Waals surface area (Å²) < 4.78 is 7.25. The molecule has 0 amide bonds. The van der Waals surface area contributed by atoms with Crippen molar-refractivity contribution in [1.82, 2.24) is 19.6 Å². The molecular formula is C15H17N5O. The van der Waals surface area contributed by atoms with Crippen molar-refractivity contribution in [3.63, 3.8) is 0 Å². The fraction of sp³-hybridized carbons (Fsp3) is 0.333. The topological polar surface area (TPSA) is 67.2 Å². The van der Waals surface area contributed by atoms with E-state index in [0.717, 1.165) is 48.9 Å². The third-order valence-electron chi connectivity index (χ3n) is 3.81. The van der Waals surface area contributed by atoms with Gasteiger partial charge in [-0.15, -0.1) is 5.10 Å². The molecule has 108 valence electrons. The van der Waals surface area contributed by atoms with Crippen LogP contribution in [0.2, 0.25) is 0 Å². The van der Waals surface area contributed by atoms with E-state index in [1.165, 1.54) is 0 Å². The van der Waals surface area contributed by atoms with Crippen molar-refractivity contribution in [3.05, 3.63) is 36.7 Å². The lowest BCUT2D eigenvalue weighted by Crippen LogP contribution is -2.28. The largest absolute Gasteiger partial charge is 0.381 e. The molecule has 6 nitrogen and oxygen atoms in total. The van der Waals surface area contributed by atoms with Gasteiger partial charge in [0.25, 0.3) is 0 Å². The SMILES string of the molecule is c1c[nH]c(-c2cnc3ccc(NC4CCOCC4)nn23)c1. The smallest absolute Gasteiger partial charge is 0.154 e. The van der Waals surface area contributed by atoms with Crippen molar-refractivity contribution in [3.8, 4) is 11.4 Å². The third kappa shape index (κ3) is 2.38. The first kappa shape index (κ1) is 12.4. The first-order valence-electron chi connectivity index (χ1n) is 7.23. The van der Waals surface area contributed by atoms with Crippen molar-refractivity contribution in [2.45, 2.75) is 18.9 Å². The van der Waals surface area contributed by atoms with Gasteiger partial charge in [0, 0.05) is 25.5 Å². The van der Waals surface area contributed by atoms with Gasteiger partial charge in [0.1, 0.15) is 11.5 Å². The predicted molar refractivity (Wildman–Crippen MR) is 80.2 cm³/mol. The zero-order valence-electron chi connectivity index (χ0n) is 11.6. The number of H-pyrrole nitrogens is 1. The fourth-order valence-electron chi connectivity index (χ4n) is 2.67. The highest BCUT2D eigenvalue weighted by atomic mass is 16.5. The molecule has 0 atom stereocenters. The standard InChI is InChI=1S/C15H17N5O/c1-2-12(16-7-1)13-10-17-15-4-3-14(19-20(13)15)18-11-5-8-21-9-6-11/h1-4,7,10-11,16H,5-6,8-9H2,(H,18,19). The highest BCUT2D eigenvalue weighted by molar-refractivity contribution is 5.60. The van der Waals surface area contributed by atoms with Crippen LogP contribution in [0.3, 0.4) is 0 Å². The predicted octanol–water partition coefficient (Wildman–Crippen LogP) is 2.32. The Morgan fingerprint density at radius 1 is 1.24 bits per heavy atom. The van der Waals surface area contributed by atoms with Crippen LogP contribution in [0.25, 0.3) is 17.0 Å². The lowest BCUT2D eigenvalue weighted by Gasteiger charge is -2.23. The van der Waals surface area contributed by atoms with E-state index in [1.54, 1.807) is 0 Å². The van der Waals surface area contributed by atoms with E-state index in [-0.39, 0.29) is 0 Å². The van der Waals surface area contributed by atoms with Crippen LogP contribution in [0.5, 0.6) is 0 Å². The molecule has 4 heterocycles. The van der Waals surface area contributed by atoms with Crippen LogP contribution in [0.15, 0.2) is 36.7 Å². The molecule has 0 bridgehead atoms. The molecule has 2 N–H and O–H groups in total. The van der Waals surface area contributed by atoms with Crippen molar-refractivity contribution in [2.24, 2.45) is 0 Å². The summed E-state index contributed by atoms with van der Waals surface area (Å²) in [4.78, 5) is 7.59. The lowest BCUT2D eigenvalue weighted by atomic mass is 10.1. The van der Waals surface area contributed by atoms with Gasteiger partial charge < -0.3 is 15.0 Å².